The van der Waals surface area contributed by atoms with Crippen molar-refractivity contribution in [1.29, 1.82) is 0 Å². The quantitative estimate of drug-likeness (QED) is 0.436. The van der Waals surface area contributed by atoms with Gasteiger partial charge in [0, 0.05) is 18.2 Å². The van der Waals surface area contributed by atoms with Crippen LogP contribution in [0.5, 0.6) is 5.75 Å². The van der Waals surface area contributed by atoms with E-state index in [4.69, 9.17) is 4.74 Å². The van der Waals surface area contributed by atoms with Crippen molar-refractivity contribution in [2.75, 3.05) is 18.6 Å². The second-order valence-corrected chi connectivity index (χ2v) is 9.19. The van der Waals surface area contributed by atoms with E-state index in [-0.39, 0.29) is 24.2 Å². The predicted octanol–water partition coefficient (Wildman–Crippen LogP) is 5.32. The molecule has 3 aromatic rings. The first-order valence-corrected chi connectivity index (χ1v) is 12.5. The molecular formula is C30H34N2O3. The molecule has 5 heteroatoms. The highest BCUT2D eigenvalue weighted by Gasteiger charge is 2.28. The maximum atomic E-state index is 13.4. The Morgan fingerprint density at radius 1 is 0.886 bits per heavy atom. The Morgan fingerprint density at radius 2 is 1.60 bits per heavy atom. The number of hydrogen-bond donors (Lipinski definition) is 1. The summed E-state index contributed by atoms with van der Waals surface area (Å²) in [7, 11) is 1.65. The third-order valence-electron chi connectivity index (χ3n) is 6.64. The van der Waals surface area contributed by atoms with E-state index in [2.05, 4.69) is 17.4 Å². The van der Waals surface area contributed by atoms with Gasteiger partial charge >= 0.3 is 0 Å². The molecule has 0 atom stereocenters. The third kappa shape index (κ3) is 6.95. The molecule has 0 aromatic heterocycles. The van der Waals surface area contributed by atoms with Crippen molar-refractivity contribution in [3.63, 3.8) is 0 Å². The Labute approximate surface area is 208 Å². The maximum absolute atomic E-state index is 13.4. The standard InChI is InChI=1S/C30H34N2O3/c1-35-28-16-14-23(15-17-28)18-19-31-29(33)21-25-10-7-13-27(20-25)32(22-24-8-3-2-4-9-24)30(34)26-11-5-6-12-26/h2-4,7-10,13-17,20,26H,5-6,11-12,18-19,21-22H2,1H3,(H,31,33). The zero-order valence-electron chi connectivity index (χ0n) is 20.4. The van der Waals surface area contributed by atoms with Crippen molar-refractivity contribution in [1.82, 2.24) is 5.32 Å². The highest BCUT2D eigenvalue weighted by molar-refractivity contribution is 5.95. The minimum atomic E-state index is -0.0209. The van der Waals surface area contributed by atoms with Gasteiger partial charge in [0.05, 0.1) is 20.1 Å². The van der Waals surface area contributed by atoms with Crippen molar-refractivity contribution in [2.45, 2.75) is 45.1 Å². The van der Waals surface area contributed by atoms with Gasteiger partial charge in [0.25, 0.3) is 0 Å². The molecule has 0 bridgehead atoms. The zero-order valence-corrected chi connectivity index (χ0v) is 20.4. The van der Waals surface area contributed by atoms with Crippen molar-refractivity contribution in [3.8, 4) is 5.75 Å². The monoisotopic (exact) mass is 470 g/mol. The van der Waals surface area contributed by atoms with E-state index < -0.39 is 0 Å². The van der Waals surface area contributed by atoms with E-state index in [1.807, 2.05) is 71.6 Å². The lowest BCUT2D eigenvalue weighted by atomic mass is 10.0. The largest absolute Gasteiger partial charge is 0.497 e. The molecule has 0 spiro atoms. The predicted molar refractivity (Wildman–Crippen MR) is 139 cm³/mol. The summed E-state index contributed by atoms with van der Waals surface area (Å²) in [5, 5.41) is 3.01. The summed E-state index contributed by atoms with van der Waals surface area (Å²) in [6.45, 7) is 1.11. The second kappa shape index (κ2) is 12.2. The third-order valence-corrected chi connectivity index (χ3v) is 6.64. The fourth-order valence-electron chi connectivity index (χ4n) is 4.68. The minimum absolute atomic E-state index is 0.0209. The molecule has 0 heterocycles. The molecule has 1 aliphatic carbocycles. The van der Waals surface area contributed by atoms with Gasteiger partial charge in [0.1, 0.15) is 5.75 Å². The van der Waals surface area contributed by atoms with Crippen LogP contribution in [0.15, 0.2) is 78.9 Å². The second-order valence-electron chi connectivity index (χ2n) is 9.19. The molecule has 1 aliphatic rings. The van der Waals surface area contributed by atoms with E-state index in [1.54, 1.807) is 7.11 Å². The number of benzene rings is 3. The fourth-order valence-corrected chi connectivity index (χ4v) is 4.68. The topological polar surface area (TPSA) is 58.6 Å². The van der Waals surface area contributed by atoms with Crippen LogP contribution in [-0.2, 0) is 29.0 Å². The fraction of sp³-hybridized carbons (Fsp3) is 0.333. The summed E-state index contributed by atoms with van der Waals surface area (Å²) in [4.78, 5) is 27.9. The number of rotatable bonds is 10. The molecule has 0 aliphatic heterocycles. The molecule has 5 nitrogen and oxygen atoms in total. The van der Waals surface area contributed by atoms with Crippen molar-refractivity contribution >= 4 is 17.5 Å². The van der Waals surface area contributed by atoms with Gasteiger partial charge in [-0.05, 0) is 60.2 Å². The lowest BCUT2D eigenvalue weighted by molar-refractivity contribution is -0.122. The molecular weight excluding hydrogens is 436 g/mol. The van der Waals surface area contributed by atoms with Crippen LogP contribution in [-0.4, -0.2) is 25.5 Å². The number of hydrogen-bond acceptors (Lipinski definition) is 3. The van der Waals surface area contributed by atoms with Crippen LogP contribution in [0.2, 0.25) is 0 Å². The molecule has 1 fully saturated rings. The van der Waals surface area contributed by atoms with Crippen LogP contribution in [0.4, 0.5) is 5.69 Å². The number of carbonyl (C=O) groups excluding carboxylic acids is 2. The van der Waals surface area contributed by atoms with Crippen LogP contribution in [0.25, 0.3) is 0 Å². The van der Waals surface area contributed by atoms with Gasteiger partial charge in [-0.1, -0.05) is 67.4 Å². The van der Waals surface area contributed by atoms with Gasteiger partial charge in [0.15, 0.2) is 0 Å². The maximum Gasteiger partial charge on any atom is 0.230 e. The Hall–Kier alpha value is -3.60. The van der Waals surface area contributed by atoms with Gasteiger partial charge in [-0.15, -0.1) is 0 Å². The van der Waals surface area contributed by atoms with Gasteiger partial charge in [0.2, 0.25) is 11.8 Å². The normalized spacial score (nSPS) is 13.4. The first kappa shape index (κ1) is 24.5. The van der Waals surface area contributed by atoms with E-state index in [1.165, 1.54) is 0 Å². The smallest absolute Gasteiger partial charge is 0.230 e. The van der Waals surface area contributed by atoms with Crippen molar-refractivity contribution < 1.29 is 14.3 Å². The average molecular weight is 471 g/mol. The Bertz CT molecular complexity index is 1110. The summed E-state index contributed by atoms with van der Waals surface area (Å²) in [5.74, 6) is 1.08. The molecule has 0 radical (unpaired) electrons. The minimum Gasteiger partial charge on any atom is -0.497 e. The van der Waals surface area contributed by atoms with Crippen LogP contribution >= 0.6 is 0 Å². The first-order chi connectivity index (χ1) is 17.1. The lowest BCUT2D eigenvalue weighted by Gasteiger charge is -2.26. The summed E-state index contributed by atoms with van der Waals surface area (Å²) in [5.41, 5.74) is 4.01. The van der Waals surface area contributed by atoms with E-state index in [0.717, 1.165) is 60.2 Å². The molecule has 0 unspecified atom stereocenters. The number of ether oxygens (including phenoxy) is 1. The van der Waals surface area contributed by atoms with Crippen LogP contribution < -0.4 is 15.0 Å². The number of carbonyl (C=O) groups is 2. The SMILES string of the molecule is COc1ccc(CCNC(=O)Cc2cccc(N(Cc3ccccc3)C(=O)C3CCCC3)c2)cc1. The molecule has 1 saturated carbocycles. The number of nitrogens with one attached hydrogen (secondary N) is 1. The van der Waals surface area contributed by atoms with Gasteiger partial charge in [-0.3, -0.25) is 9.59 Å². The van der Waals surface area contributed by atoms with Crippen LogP contribution in [0, 0.1) is 5.92 Å². The number of methoxy groups -OCH3 is 1. The molecule has 0 saturated heterocycles. The highest BCUT2D eigenvalue weighted by atomic mass is 16.5. The molecule has 35 heavy (non-hydrogen) atoms. The summed E-state index contributed by atoms with van der Waals surface area (Å²) in [6, 6.07) is 25.8. The lowest BCUT2D eigenvalue weighted by Crippen LogP contribution is -2.35. The van der Waals surface area contributed by atoms with Gasteiger partial charge in [-0.25, -0.2) is 0 Å². The first-order valence-electron chi connectivity index (χ1n) is 12.5. The van der Waals surface area contributed by atoms with Crippen LogP contribution in [0.3, 0.4) is 0 Å². The Morgan fingerprint density at radius 3 is 2.31 bits per heavy atom. The average Bonchev–Trinajstić information content (AvgIpc) is 3.43. The number of nitrogens with zero attached hydrogens (tertiary/aromatic N) is 1. The van der Waals surface area contributed by atoms with E-state index >= 15 is 0 Å². The Balaban J connectivity index is 1.39. The Kier molecular flexibility index (Phi) is 8.55. The highest BCUT2D eigenvalue weighted by Crippen LogP contribution is 2.30. The molecule has 182 valence electrons. The summed E-state index contributed by atoms with van der Waals surface area (Å²) in [6.07, 6.45) is 5.20. The summed E-state index contributed by atoms with van der Waals surface area (Å²) >= 11 is 0. The number of amides is 2. The van der Waals surface area contributed by atoms with Crippen molar-refractivity contribution in [2.24, 2.45) is 5.92 Å². The molecule has 3 aromatic carbocycles. The zero-order chi connectivity index (χ0) is 24.5. The van der Waals surface area contributed by atoms with Crippen LogP contribution in [0.1, 0.15) is 42.4 Å². The van der Waals surface area contributed by atoms with Gasteiger partial charge in [-0.2, -0.15) is 0 Å². The van der Waals surface area contributed by atoms with Gasteiger partial charge < -0.3 is 15.0 Å². The molecule has 2 amide bonds. The van der Waals surface area contributed by atoms with Crippen molar-refractivity contribution in [3.05, 3.63) is 95.6 Å². The van der Waals surface area contributed by atoms with E-state index in [9.17, 15) is 9.59 Å². The van der Waals surface area contributed by atoms with E-state index in [0.29, 0.717) is 13.1 Å². The summed E-state index contributed by atoms with van der Waals surface area (Å²) < 4.78 is 5.19. The molecule has 4 rings (SSSR count). The molecule has 1 N–H and O–H groups in total. The number of anilines is 1.